The minimum Gasteiger partial charge on any atom is -0.267 e. The SMILES string of the molecule is Cc1nn(C)c(F)c1C=NNC(=O)c1ccccc1Br. The molecule has 0 unspecified atom stereocenters. The van der Waals surface area contributed by atoms with E-state index in [0.29, 0.717) is 15.7 Å². The molecular weight excluding hydrogens is 327 g/mol. The highest BCUT2D eigenvalue weighted by Gasteiger charge is 2.11. The van der Waals surface area contributed by atoms with E-state index in [0.717, 1.165) is 4.68 Å². The van der Waals surface area contributed by atoms with Gasteiger partial charge in [0.05, 0.1) is 23.0 Å². The molecule has 0 aliphatic rings. The molecule has 1 amide bonds. The Morgan fingerprint density at radius 2 is 2.20 bits per heavy atom. The predicted octanol–water partition coefficient (Wildman–Crippen LogP) is 2.39. The van der Waals surface area contributed by atoms with E-state index < -0.39 is 5.95 Å². The van der Waals surface area contributed by atoms with Gasteiger partial charge in [-0.1, -0.05) is 12.1 Å². The van der Waals surface area contributed by atoms with Gasteiger partial charge >= 0.3 is 0 Å². The molecule has 0 bridgehead atoms. The van der Waals surface area contributed by atoms with Gasteiger partial charge in [0.25, 0.3) is 5.91 Å². The highest BCUT2D eigenvalue weighted by atomic mass is 79.9. The number of aromatic nitrogens is 2. The van der Waals surface area contributed by atoms with Gasteiger partial charge < -0.3 is 0 Å². The van der Waals surface area contributed by atoms with Crippen LogP contribution in [0.4, 0.5) is 4.39 Å². The van der Waals surface area contributed by atoms with E-state index in [1.165, 1.54) is 13.3 Å². The second-order valence-electron chi connectivity index (χ2n) is 4.09. The van der Waals surface area contributed by atoms with Crippen molar-refractivity contribution in [2.75, 3.05) is 0 Å². The number of hydrogen-bond acceptors (Lipinski definition) is 3. The van der Waals surface area contributed by atoms with Gasteiger partial charge in [-0.15, -0.1) is 0 Å². The van der Waals surface area contributed by atoms with Gasteiger partial charge in [0, 0.05) is 11.5 Å². The lowest BCUT2D eigenvalue weighted by molar-refractivity contribution is 0.0954. The van der Waals surface area contributed by atoms with Crippen molar-refractivity contribution < 1.29 is 9.18 Å². The van der Waals surface area contributed by atoms with Crippen LogP contribution in [0.5, 0.6) is 0 Å². The fraction of sp³-hybridized carbons (Fsp3) is 0.154. The van der Waals surface area contributed by atoms with Crippen LogP contribution in [0, 0.1) is 12.9 Å². The van der Waals surface area contributed by atoms with Crippen molar-refractivity contribution in [1.29, 1.82) is 0 Å². The van der Waals surface area contributed by atoms with Gasteiger partial charge in [-0.2, -0.15) is 14.6 Å². The summed E-state index contributed by atoms with van der Waals surface area (Å²) in [5.41, 5.74) is 3.55. The van der Waals surface area contributed by atoms with E-state index in [-0.39, 0.29) is 11.5 Å². The molecule has 104 valence electrons. The van der Waals surface area contributed by atoms with Crippen LogP contribution in [-0.2, 0) is 7.05 Å². The summed E-state index contributed by atoms with van der Waals surface area (Å²) >= 11 is 3.27. The van der Waals surface area contributed by atoms with Crippen molar-refractivity contribution in [3.8, 4) is 0 Å². The Kier molecular flexibility index (Phi) is 4.29. The molecule has 0 aliphatic carbocycles. The highest BCUT2D eigenvalue weighted by molar-refractivity contribution is 9.10. The van der Waals surface area contributed by atoms with Crippen LogP contribution in [-0.4, -0.2) is 21.9 Å². The fourth-order valence-corrected chi connectivity index (χ4v) is 2.12. The Morgan fingerprint density at radius 3 is 2.80 bits per heavy atom. The van der Waals surface area contributed by atoms with E-state index >= 15 is 0 Å². The van der Waals surface area contributed by atoms with Crippen molar-refractivity contribution in [3.63, 3.8) is 0 Å². The van der Waals surface area contributed by atoms with E-state index in [4.69, 9.17) is 0 Å². The van der Waals surface area contributed by atoms with Gasteiger partial charge in [0.2, 0.25) is 5.95 Å². The summed E-state index contributed by atoms with van der Waals surface area (Å²) in [7, 11) is 1.50. The van der Waals surface area contributed by atoms with Crippen molar-refractivity contribution >= 4 is 28.1 Å². The average molecular weight is 339 g/mol. The number of rotatable bonds is 3. The Balaban J connectivity index is 2.11. The number of hydrogen-bond donors (Lipinski definition) is 1. The standard InChI is InChI=1S/C13H12BrFN4O/c1-8-10(12(15)19(2)18-8)7-16-17-13(20)9-5-3-4-6-11(9)14/h3-7H,1-2H3,(H,17,20). The number of carbonyl (C=O) groups excluding carboxylic acids is 1. The van der Waals surface area contributed by atoms with Crippen LogP contribution in [0.3, 0.4) is 0 Å². The van der Waals surface area contributed by atoms with Gasteiger partial charge in [-0.05, 0) is 35.0 Å². The third-order valence-electron chi connectivity index (χ3n) is 2.67. The quantitative estimate of drug-likeness (QED) is 0.690. The lowest BCUT2D eigenvalue weighted by atomic mass is 10.2. The maximum Gasteiger partial charge on any atom is 0.272 e. The van der Waals surface area contributed by atoms with Gasteiger partial charge in [-0.25, -0.2) is 10.1 Å². The molecule has 5 nitrogen and oxygen atoms in total. The summed E-state index contributed by atoms with van der Waals surface area (Å²) in [5.74, 6) is -0.878. The molecule has 0 saturated carbocycles. The average Bonchev–Trinajstić information content (AvgIpc) is 2.65. The van der Waals surface area contributed by atoms with Crippen molar-refractivity contribution in [3.05, 3.63) is 51.5 Å². The first kappa shape index (κ1) is 14.4. The summed E-state index contributed by atoms with van der Waals surface area (Å²) in [6, 6.07) is 6.96. The monoisotopic (exact) mass is 338 g/mol. The summed E-state index contributed by atoms with van der Waals surface area (Å²) in [5, 5.41) is 7.67. The Labute approximate surface area is 123 Å². The fourth-order valence-electron chi connectivity index (χ4n) is 1.65. The second-order valence-corrected chi connectivity index (χ2v) is 4.95. The lowest BCUT2D eigenvalue weighted by Gasteiger charge is -2.01. The Bertz CT molecular complexity index is 681. The Morgan fingerprint density at radius 1 is 1.50 bits per heavy atom. The summed E-state index contributed by atoms with van der Waals surface area (Å²) < 4.78 is 15.4. The number of nitrogens with one attached hydrogen (secondary N) is 1. The zero-order valence-electron chi connectivity index (χ0n) is 10.9. The van der Waals surface area contributed by atoms with E-state index in [1.54, 1.807) is 31.2 Å². The normalized spacial score (nSPS) is 11.0. The van der Waals surface area contributed by atoms with E-state index in [9.17, 15) is 9.18 Å². The van der Waals surface area contributed by atoms with Crippen LogP contribution < -0.4 is 5.43 Å². The number of benzene rings is 1. The maximum atomic E-state index is 13.6. The molecule has 0 aliphatic heterocycles. The predicted molar refractivity (Wildman–Crippen MR) is 77.1 cm³/mol. The van der Waals surface area contributed by atoms with Crippen molar-refractivity contribution in [1.82, 2.24) is 15.2 Å². The molecule has 1 aromatic heterocycles. The molecule has 0 radical (unpaired) electrons. The topological polar surface area (TPSA) is 59.3 Å². The lowest BCUT2D eigenvalue weighted by Crippen LogP contribution is -2.18. The molecule has 1 aromatic carbocycles. The third kappa shape index (κ3) is 2.93. The van der Waals surface area contributed by atoms with E-state index in [1.807, 2.05) is 0 Å². The summed E-state index contributed by atoms with van der Waals surface area (Å²) in [6.07, 6.45) is 1.24. The van der Waals surface area contributed by atoms with Crippen LogP contribution in [0.25, 0.3) is 0 Å². The zero-order valence-corrected chi connectivity index (χ0v) is 12.5. The summed E-state index contributed by atoms with van der Waals surface area (Å²) in [6.45, 7) is 1.67. The minimum absolute atomic E-state index is 0.250. The van der Waals surface area contributed by atoms with E-state index in [2.05, 4.69) is 31.6 Å². The van der Waals surface area contributed by atoms with Crippen molar-refractivity contribution in [2.45, 2.75) is 6.92 Å². The van der Waals surface area contributed by atoms with Crippen molar-refractivity contribution in [2.24, 2.45) is 12.1 Å². The van der Waals surface area contributed by atoms with Crippen LogP contribution in [0.2, 0.25) is 0 Å². The second kappa shape index (κ2) is 5.96. The first-order valence-corrected chi connectivity index (χ1v) is 6.57. The van der Waals surface area contributed by atoms with Gasteiger partial charge in [-0.3, -0.25) is 4.79 Å². The number of carbonyl (C=O) groups is 1. The molecule has 0 saturated heterocycles. The zero-order chi connectivity index (χ0) is 14.7. The number of amides is 1. The molecule has 7 heteroatoms. The maximum absolute atomic E-state index is 13.6. The highest BCUT2D eigenvalue weighted by Crippen LogP contribution is 2.15. The molecule has 1 heterocycles. The molecule has 0 atom stereocenters. The molecular formula is C13H12BrFN4O. The third-order valence-corrected chi connectivity index (χ3v) is 3.37. The number of aryl methyl sites for hydroxylation is 2. The number of halogens is 2. The summed E-state index contributed by atoms with van der Waals surface area (Å²) in [4.78, 5) is 11.9. The molecule has 0 fully saturated rings. The molecule has 2 rings (SSSR count). The van der Waals surface area contributed by atoms with Gasteiger partial charge in [0.15, 0.2) is 0 Å². The number of nitrogens with zero attached hydrogens (tertiary/aromatic N) is 3. The molecule has 0 spiro atoms. The van der Waals surface area contributed by atoms with Crippen LogP contribution in [0.1, 0.15) is 21.6 Å². The largest absolute Gasteiger partial charge is 0.272 e. The van der Waals surface area contributed by atoms with Crippen LogP contribution >= 0.6 is 15.9 Å². The molecule has 1 N–H and O–H groups in total. The first-order chi connectivity index (χ1) is 9.50. The molecule has 20 heavy (non-hydrogen) atoms. The Hall–Kier alpha value is -2.02. The molecule has 2 aromatic rings. The van der Waals surface area contributed by atoms with Crippen LogP contribution in [0.15, 0.2) is 33.8 Å². The smallest absolute Gasteiger partial charge is 0.267 e. The van der Waals surface area contributed by atoms with Gasteiger partial charge in [0.1, 0.15) is 0 Å². The first-order valence-electron chi connectivity index (χ1n) is 5.77. The minimum atomic E-state index is -0.499. The number of hydrazone groups is 1.